The number of aromatic amines is 1. The van der Waals surface area contributed by atoms with Gasteiger partial charge in [-0.1, -0.05) is 18.9 Å². The summed E-state index contributed by atoms with van der Waals surface area (Å²) < 4.78 is 153. The number of halogens is 11. The van der Waals surface area contributed by atoms with Crippen molar-refractivity contribution < 1.29 is 62.6 Å². The highest BCUT2D eigenvalue weighted by molar-refractivity contribution is 5.99. The predicted molar refractivity (Wildman–Crippen MR) is 158 cm³/mol. The Kier molecular flexibility index (Phi) is 10.6. The number of hydrogen-bond donors (Lipinski definition) is 4. The summed E-state index contributed by atoms with van der Waals surface area (Å²) in [6.07, 6.45) is -18.1. The van der Waals surface area contributed by atoms with E-state index in [2.05, 4.69) is 30.9 Å². The zero-order chi connectivity index (χ0) is 37.4. The molecule has 0 radical (unpaired) electrons. The zero-order valence-corrected chi connectivity index (χ0v) is 26.4. The minimum atomic E-state index is -4.93. The van der Waals surface area contributed by atoms with Crippen molar-refractivity contribution in [3.63, 3.8) is 0 Å². The van der Waals surface area contributed by atoms with Crippen molar-refractivity contribution >= 4 is 34.6 Å². The van der Waals surface area contributed by atoms with E-state index in [1.54, 1.807) is 0 Å². The molecule has 2 amide bonds. The van der Waals surface area contributed by atoms with E-state index < -0.39 is 103 Å². The minimum Gasteiger partial charge on any atom is -0.471 e. The standard InChI is InChI=1S/C31H31F11N6O3/c32-22(33)14-51-25-18(24(49)44-17-6-4-16(5-7-17)29(34,35)36)12-21-23(47-25)48-27(46-21)45-20-11-15(3-8-19(20)30(37,38)39)13-43-26(50)28(31(40,41)42)9-1-2-10-28/h3,8,11-12,16-17,22H,1-2,4-7,9-10,13-14H2,(H,43,50)(H,44,49)(H2,45,46,47,48). The number of imidazole rings is 1. The van der Waals surface area contributed by atoms with Gasteiger partial charge in [-0.15, -0.1) is 0 Å². The van der Waals surface area contributed by atoms with Gasteiger partial charge in [0.1, 0.15) is 11.0 Å². The normalized spacial score (nSPS) is 19.7. The third-order valence-corrected chi connectivity index (χ3v) is 9.08. The number of nitrogens with zero attached hydrogens (tertiary/aromatic N) is 2. The number of rotatable bonds is 10. The largest absolute Gasteiger partial charge is 0.471 e. The SMILES string of the molecule is O=C(NC1CCC(C(F)(F)F)CC1)c1cc2[nH]c(Nc3cc(CNC(=O)C4(C(F)(F)F)CCCC4)ccc3C(F)(F)F)nc2nc1OCC(F)F. The van der Waals surface area contributed by atoms with Crippen LogP contribution >= 0.6 is 0 Å². The molecule has 2 heterocycles. The molecule has 9 nitrogen and oxygen atoms in total. The smallest absolute Gasteiger partial charge is 0.418 e. The Morgan fingerprint density at radius 2 is 1.61 bits per heavy atom. The monoisotopic (exact) mass is 744 g/mol. The lowest BCUT2D eigenvalue weighted by molar-refractivity contribution is -0.220. The summed E-state index contributed by atoms with van der Waals surface area (Å²) in [6.45, 7) is -1.74. The number of H-pyrrole nitrogens is 1. The lowest BCUT2D eigenvalue weighted by atomic mass is 9.84. The summed E-state index contributed by atoms with van der Waals surface area (Å²) in [7, 11) is 0. The Labute approximate surface area is 282 Å². The predicted octanol–water partition coefficient (Wildman–Crippen LogP) is 7.95. The van der Waals surface area contributed by atoms with Crippen LogP contribution in [0.3, 0.4) is 0 Å². The number of benzene rings is 1. The van der Waals surface area contributed by atoms with Gasteiger partial charge in [0.05, 0.1) is 22.7 Å². The second kappa shape index (κ2) is 14.3. The van der Waals surface area contributed by atoms with Crippen molar-refractivity contribution in [2.75, 3.05) is 11.9 Å². The van der Waals surface area contributed by atoms with Crippen LogP contribution in [-0.2, 0) is 17.5 Å². The van der Waals surface area contributed by atoms with Gasteiger partial charge in [-0.05, 0) is 62.3 Å². The molecule has 0 atom stereocenters. The fraction of sp³-hybridized carbons (Fsp3) is 0.548. The summed E-state index contributed by atoms with van der Waals surface area (Å²) in [5.74, 6) is -4.72. The van der Waals surface area contributed by atoms with Crippen LogP contribution in [0.25, 0.3) is 11.2 Å². The molecular formula is C31H31F11N6O3. The molecule has 3 aromatic rings. The van der Waals surface area contributed by atoms with E-state index in [9.17, 15) is 57.9 Å². The number of anilines is 2. The van der Waals surface area contributed by atoms with Crippen LogP contribution in [-0.4, -0.2) is 58.2 Å². The van der Waals surface area contributed by atoms with Gasteiger partial charge in [0.25, 0.3) is 12.3 Å². The van der Waals surface area contributed by atoms with Gasteiger partial charge < -0.3 is 25.7 Å². The number of carbonyl (C=O) groups is 2. The van der Waals surface area contributed by atoms with Crippen LogP contribution < -0.4 is 20.7 Å². The second-order valence-corrected chi connectivity index (χ2v) is 12.5. The van der Waals surface area contributed by atoms with Gasteiger partial charge in [-0.2, -0.15) is 49.5 Å². The van der Waals surface area contributed by atoms with Crippen LogP contribution in [0, 0.1) is 11.3 Å². The van der Waals surface area contributed by atoms with Crippen molar-refractivity contribution in [3.8, 4) is 5.88 Å². The number of hydrogen-bond acceptors (Lipinski definition) is 6. The molecule has 280 valence electrons. The Hall–Kier alpha value is -4.39. The zero-order valence-electron chi connectivity index (χ0n) is 26.4. The Morgan fingerprint density at radius 1 is 0.941 bits per heavy atom. The molecule has 2 aliphatic rings. The third-order valence-electron chi connectivity index (χ3n) is 9.08. The highest BCUT2D eigenvalue weighted by Crippen LogP contribution is 2.50. The number of alkyl halides is 11. The summed E-state index contributed by atoms with van der Waals surface area (Å²) in [5.41, 5.74) is -5.18. The Morgan fingerprint density at radius 3 is 2.20 bits per heavy atom. The fourth-order valence-electron chi connectivity index (χ4n) is 6.38. The van der Waals surface area contributed by atoms with E-state index in [4.69, 9.17) is 4.74 Å². The number of carbonyl (C=O) groups excluding carboxylic acids is 2. The number of nitrogens with one attached hydrogen (secondary N) is 4. The average Bonchev–Trinajstić information content (AvgIpc) is 3.69. The number of pyridine rings is 1. The van der Waals surface area contributed by atoms with Gasteiger partial charge in [-0.25, -0.2) is 8.78 Å². The Bertz CT molecular complexity index is 1720. The maximum absolute atomic E-state index is 13.9. The van der Waals surface area contributed by atoms with Crippen LogP contribution in [0.5, 0.6) is 5.88 Å². The maximum Gasteiger partial charge on any atom is 0.418 e. The highest BCUT2D eigenvalue weighted by Gasteiger charge is 2.60. The van der Waals surface area contributed by atoms with Crippen molar-refractivity contribution in [1.82, 2.24) is 25.6 Å². The molecule has 2 aliphatic carbocycles. The van der Waals surface area contributed by atoms with Gasteiger partial charge in [0, 0.05) is 12.6 Å². The topological polar surface area (TPSA) is 121 Å². The van der Waals surface area contributed by atoms with Crippen molar-refractivity contribution in [3.05, 3.63) is 41.0 Å². The van der Waals surface area contributed by atoms with E-state index >= 15 is 0 Å². The van der Waals surface area contributed by atoms with Crippen LogP contribution in [0.15, 0.2) is 24.3 Å². The van der Waals surface area contributed by atoms with Crippen LogP contribution in [0.1, 0.15) is 72.9 Å². The molecule has 0 bridgehead atoms. The van der Waals surface area contributed by atoms with Crippen LogP contribution in [0.2, 0.25) is 0 Å². The Balaban J connectivity index is 1.38. The van der Waals surface area contributed by atoms with E-state index in [0.29, 0.717) is 6.07 Å². The summed E-state index contributed by atoms with van der Waals surface area (Å²) in [6, 6.07) is 2.98. The number of fused-ring (bicyclic) bond motifs is 1. The highest BCUT2D eigenvalue weighted by atomic mass is 19.4. The van der Waals surface area contributed by atoms with Crippen molar-refractivity contribution in [2.45, 2.75) is 88.9 Å². The number of amides is 2. The molecule has 0 unspecified atom stereocenters. The van der Waals surface area contributed by atoms with Crippen LogP contribution in [0.4, 0.5) is 59.9 Å². The molecule has 4 N–H and O–H groups in total. The van der Waals surface area contributed by atoms with E-state index in [1.807, 2.05) is 0 Å². The molecule has 51 heavy (non-hydrogen) atoms. The molecule has 20 heteroatoms. The molecule has 2 fully saturated rings. The molecule has 2 saturated carbocycles. The van der Waals surface area contributed by atoms with Gasteiger partial charge in [0.2, 0.25) is 17.7 Å². The summed E-state index contributed by atoms with van der Waals surface area (Å²) >= 11 is 0. The quantitative estimate of drug-likeness (QED) is 0.157. The number of ether oxygens (including phenoxy) is 1. The average molecular weight is 745 g/mol. The first-order valence-electron chi connectivity index (χ1n) is 15.8. The summed E-state index contributed by atoms with van der Waals surface area (Å²) in [5, 5.41) is 7.14. The minimum absolute atomic E-state index is 0.00863. The molecule has 0 aliphatic heterocycles. The van der Waals surface area contributed by atoms with Crippen molar-refractivity contribution in [2.24, 2.45) is 11.3 Å². The molecule has 0 spiro atoms. The maximum atomic E-state index is 13.9. The molecule has 0 saturated heterocycles. The first kappa shape index (κ1) is 37.9. The first-order valence-corrected chi connectivity index (χ1v) is 15.8. The fourth-order valence-corrected chi connectivity index (χ4v) is 6.38. The van der Waals surface area contributed by atoms with Gasteiger partial charge in [-0.3, -0.25) is 9.59 Å². The molecule has 2 aromatic heterocycles. The van der Waals surface area contributed by atoms with Crippen molar-refractivity contribution in [1.29, 1.82) is 0 Å². The lowest BCUT2D eigenvalue weighted by Crippen LogP contribution is -2.48. The number of aromatic nitrogens is 3. The van der Waals surface area contributed by atoms with Gasteiger partial charge in [0.15, 0.2) is 12.3 Å². The molecule has 1 aromatic carbocycles. The second-order valence-electron chi connectivity index (χ2n) is 12.5. The van der Waals surface area contributed by atoms with E-state index in [-0.39, 0.29) is 61.2 Å². The lowest BCUT2D eigenvalue weighted by Gasteiger charge is -2.30. The van der Waals surface area contributed by atoms with E-state index in [0.717, 1.165) is 18.2 Å². The summed E-state index contributed by atoms with van der Waals surface area (Å²) in [4.78, 5) is 36.4. The van der Waals surface area contributed by atoms with E-state index in [1.165, 1.54) is 0 Å². The molecular weight excluding hydrogens is 713 g/mol. The third kappa shape index (κ3) is 8.57. The molecule has 5 rings (SSSR count). The van der Waals surface area contributed by atoms with Gasteiger partial charge >= 0.3 is 18.5 Å². The first-order chi connectivity index (χ1) is 23.8.